The minimum atomic E-state index is -0.273. The lowest BCUT2D eigenvalue weighted by atomic mass is 9.81. The van der Waals surface area contributed by atoms with E-state index in [2.05, 4.69) is 0 Å². The molecule has 96 valence electrons. The largest absolute Gasteiger partial charge is 0.324 e. The third-order valence-corrected chi connectivity index (χ3v) is 3.82. The normalized spacial score (nSPS) is 18.5. The lowest BCUT2D eigenvalue weighted by Crippen LogP contribution is -2.24. The summed E-state index contributed by atoms with van der Waals surface area (Å²) in [6, 6.07) is 4.51. The molecule has 0 aliphatic heterocycles. The van der Waals surface area contributed by atoms with Gasteiger partial charge >= 0.3 is 0 Å². The second kappa shape index (κ2) is 6.58. The molecular weight excluding hydrogens is 260 g/mol. The van der Waals surface area contributed by atoms with Crippen molar-refractivity contribution in [2.24, 2.45) is 11.7 Å². The van der Waals surface area contributed by atoms with Gasteiger partial charge in [0.15, 0.2) is 0 Å². The van der Waals surface area contributed by atoms with Crippen LogP contribution in [0.4, 0.5) is 4.39 Å². The lowest BCUT2D eigenvalue weighted by molar-refractivity contribution is 0.303. The molecule has 1 fully saturated rings. The molecule has 2 rings (SSSR count). The van der Waals surface area contributed by atoms with Crippen molar-refractivity contribution in [3.8, 4) is 0 Å². The van der Waals surface area contributed by atoms with Gasteiger partial charge in [-0.05, 0) is 30.9 Å². The third-order valence-electron chi connectivity index (χ3n) is 3.49. The van der Waals surface area contributed by atoms with E-state index in [4.69, 9.17) is 17.3 Å². The van der Waals surface area contributed by atoms with Gasteiger partial charge in [0, 0.05) is 16.6 Å². The van der Waals surface area contributed by atoms with Crippen LogP contribution in [-0.2, 0) is 0 Å². The third kappa shape index (κ3) is 3.34. The molecule has 0 heterocycles. The second-order valence-electron chi connectivity index (χ2n) is 4.56. The zero-order valence-corrected chi connectivity index (χ0v) is 11.2. The average molecular weight is 278 g/mol. The smallest absolute Gasteiger partial charge is 0.129 e. The van der Waals surface area contributed by atoms with E-state index in [-0.39, 0.29) is 24.3 Å². The molecule has 0 spiro atoms. The highest BCUT2D eigenvalue weighted by Gasteiger charge is 2.25. The van der Waals surface area contributed by atoms with Crippen LogP contribution in [0.2, 0.25) is 5.02 Å². The Bertz CT molecular complexity index is 344. The van der Waals surface area contributed by atoms with E-state index >= 15 is 0 Å². The summed E-state index contributed by atoms with van der Waals surface area (Å²) in [6.45, 7) is 0. The monoisotopic (exact) mass is 277 g/mol. The molecule has 1 aliphatic carbocycles. The van der Waals surface area contributed by atoms with Crippen LogP contribution in [0.1, 0.15) is 43.7 Å². The first-order valence-corrected chi connectivity index (χ1v) is 6.27. The van der Waals surface area contributed by atoms with Crippen LogP contribution >= 0.6 is 24.0 Å². The Kier molecular flexibility index (Phi) is 5.71. The summed E-state index contributed by atoms with van der Waals surface area (Å²) < 4.78 is 13.7. The first-order valence-electron chi connectivity index (χ1n) is 5.89. The second-order valence-corrected chi connectivity index (χ2v) is 4.97. The molecular formula is C13H18Cl2FN. The highest BCUT2D eigenvalue weighted by molar-refractivity contribution is 6.31. The van der Waals surface area contributed by atoms with Crippen molar-refractivity contribution >= 4 is 24.0 Å². The summed E-state index contributed by atoms with van der Waals surface area (Å²) in [5.41, 5.74) is 6.64. The SMILES string of the molecule is Cl.N[C@H](c1c(F)cccc1Cl)C1CCCCC1. The molecule has 0 bridgehead atoms. The van der Waals surface area contributed by atoms with Crippen LogP contribution in [0.3, 0.4) is 0 Å². The van der Waals surface area contributed by atoms with Crippen molar-refractivity contribution < 1.29 is 4.39 Å². The maximum absolute atomic E-state index is 13.7. The van der Waals surface area contributed by atoms with Crippen molar-refractivity contribution in [1.82, 2.24) is 0 Å². The molecule has 0 aromatic heterocycles. The molecule has 0 radical (unpaired) electrons. The minimum Gasteiger partial charge on any atom is -0.324 e. The molecule has 0 unspecified atom stereocenters. The quantitative estimate of drug-likeness (QED) is 0.848. The zero-order valence-electron chi connectivity index (χ0n) is 9.66. The fourth-order valence-electron chi connectivity index (χ4n) is 2.56. The summed E-state index contributed by atoms with van der Waals surface area (Å²) >= 11 is 6.02. The van der Waals surface area contributed by atoms with Gasteiger partial charge in [0.05, 0.1) is 0 Å². The van der Waals surface area contributed by atoms with Crippen molar-refractivity contribution in [1.29, 1.82) is 0 Å². The standard InChI is InChI=1S/C13H17ClFN.ClH/c14-10-7-4-8-11(15)12(10)13(16)9-5-2-1-3-6-9;/h4,7-9,13H,1-3,5-6,16H2;1H/t13-;/m0./s1. The number of hydrogen-bond donors (Lipinski definition) is 1. The maximum atomic E-state index is 13.7. The highest BCUT2D eigenvalue weighted by Crippen LogP contribution is 2.36. The molecule has 1 aromatic rings. The molecule has 0 saturated heterocycles. The van der Waals surface area contributed by atoms with Crippen molar-refractivity contribution in [3.63, 3.8) is 0 Å². The Morgan fingerprint density at radius 2 is 1.88 bits per heavy atom. The molecule has 0 amide bonds. The van der Waals surface area contributed by atoms with Crippen LogP contribution < -0.4 is 5.73 Å². The van der Waals surface area contributed by atoms with E-state index in [1.54, 1.807) is 12.1 Å². The molecule has 4 heteroatoms. The highest BCUT2D eigenvalue weighted by atomic mass is 35.5. The van der Waals surface area contributed by atoms with E-state index in [0.29, 0.717) is 16.5 Å². The molecule has 1 atom stereocenters. The number of benzene rings is 1. The summed E-state index contributed by atoms with van der Waals surface area (Å²) in [4.78, 5) is 0. The first-order chi connectivity index (χ1) is 7.70. The fraction of sp³-hybridized carbons (Fsp3) is 0.538. The molecule has 2 N–H and O–H groups in total. The van der Waals surface area contributed by atoms with Crippen LogP contribution in [0.25, 0.3) is 0 Å². The first kappa shape index (κ1) is 14.7. The summed E-state index contributed by atoms with van der Waals surface area (Å²) in [7, 11) is 0. The van der Waals surface area contributed by atoms with Gasteiger partial charge in [-0.3, -0.25) is 0 Å². The van der Waals surface area contributed by atoms with Crippen molar-refractivity contribution in [3.05, 3.63) is 34.6 Å². The van der Waals surface area contributed by atoms with E-state index < -0.39 is 0 Å². The van der Waals surface area contributed by atoms with E-state index in [0.717, 1.165) is 12.8 Å². The van der Waals surface area contributed by atoms with Gasteiger partial charge in [0.25, 0.3) is 0 Å². The fourth-order valence-corrected chi connectivity index (χ4v) is 2.85. The topological polar surface area (TPSA) is 26.0 Å². The summed E-state index contributed by atoms with van der Waals surface area (Å²) in [6.07, 6.45) is 5.85. The van der Waals surface area contributed by atoms with Gasteiger partial charge in [-0.1, -0.05) is 36.9 Å². The number of hydrogen-bond acceptors (Lipinski definition) is 1. The van der Waals surface area contributed by atoms with E-state index in [1.807, 2.05) is 0 Å². The average Bonchev–Trinajstić information content (AvgIpc) is 2.30. The van der Waals surface area contributed by atoms with Crippen LogP contribution in [0.15, 0.2) is 18.2 Å². The van der Waals surface area contributed by atoms with E-state index in [9.17, 15) is 4.39 Å². The van der Waals surface area contributed by atoms with Gasteiger partial charge in [-0.25, -0.2) is 4.39 Å². The summed E-state index contributed by atoms with van der Waals surface area (Å²) in [5.74, 6) is 0.105. The minimum absolute atomic E-state index is 0. The van der Waals surface area contributed by atoms with Gasteiger partial charge in [-0.15, -0.1) is 12.4 Å². The maximum Gasteiger partial charge on any atom is 0.129 e. The molecule has 1 saturated carbocycles. The van der Waals surface area contributed by atoms with Crippen molar-refractivity contribution in [2.75, 3.05) is 0 Å². The molecule has 1 nitrogen and oxygen atoms in total. The van der Waals surface area contributed by atoms with Crippen molar-refractivity contribution in [2.45, 2.75) is 38.1 Å². The Morgan fingerprint density at radius 1 is 1.24 bits per heavy atom. The number of halogens is 3. The molecule has 17 heavy (non-hydrogen) atoms. The predicted molar refractivity (Wildman–Crippen MR) is 72.2 cm³/mol. The zero-order chi connectivity index (χ0) is 11.5. The predicted octanol–water partition coefficient (Wildman–Crippen LogP) is 4.48. The Balaban J connectivity index is 0.00000144. The Morgan fingerprint density at radius 3 is 2.47 bits per heavy atom. The molecule has 1 aromatic carbocycles. The number of nitrogens with two attached hydrogens (primary N) is 1. The Hall–Kier alpha value is -0.310. The van der Waals surface area contributed by atoms with Gasteiger partial charge < -0.3 is 5.73 Å². The van der Waals surface area contributed by atoms with Gasteiger partial charge in [0.1, 0.15) is 5.82 Å². The van der Waals surface area contributed by atoms with Gasteiger partial charge in [0.2, 0.25) is 0 Å². The molecule has 1 aliphatic rings. The van der Waals surface area contributed by atoms with Crippen LogP contribution in [0.5, 0.6) is 0 Å². The van der Waals surface area contributed by atoms with Crippen LogP contribution in [0, 0.1) is 11.7 Å². The Labute approximate surface area is 113 Å². The van der Waals surface area contributed by atoms with Crippen LogP contribution in [-0.4, -0.2) is 0 Å². The lowest BCUT2D eigenvalue weighted by Gasteiger charge is -2.28. The number of rotatable bonds is 2. The van der Waals surface area contributed by atoms with E-state index in [1.165, 1.54) is 25.3 Å². The summed E-state index contributed by atoms with van der Waals surface area (Å²) in [5, 5.41) is 0.457. The van der Waals surface area contributed by atoms with Gasteiger partial charge in [-0.2, -0.15) is 0 Å².